The van der Waals surface area contributed by atoms with Crippen molar-refractivity contribution in [2.45, 2.75) is 39.2 Å². The van der Waals surface area contributed by atoms with Gasteiger partial charge in [0.15, 0.2) is 0 Å². The average Bonchev–Trinajstić information content (AvgIpc) is 2.71. The van der Waals surface area contributed by atoms with E-state index in [4.69, 9.17) is 0 Å². The zero-order valence-corrected chi connectivity index (χ0v) is 16.3. The maximum Gasteiger partial charge on any atom is 0.220 e. The highest BCUT2D eigenvalue weighted by molar-refractivity contribution is 5.75. The first kappa shape index (κ1) is 20.0. The summed E-state index contributed by atoms with van der Waals surface area (Å²) in [4.78, 5) is 23.1. The molecule has 7 heteroatoms. The highest BCUT2D eigenvalue weighted by Gasteiger charge is 2.22. The highest BCUT2D eigenvalue weighted by atomic mass is 19.1. The molecule has 1 aromatic heterocycles. The summed E-state index contributed by atoms with van der Waals surface area (Å²) in [7, 11) is 0. The number of hydrogen-bond donors (Lipinski definition) is 2. The minimum atomic E-state index is -0.281. The number of nitrogens with one attached hydrogen (secondary N) is 2. The van der Waals surface area contributed by atoms with Gasteiger partial charge in [-0.1, -0.05) is 12.1 Å². The molecule has 2 N–H and O–H groups in total. The number of carbonyl (C=O) groups is 1. The lowest BCUT2D eigenvalue weighted by molar-refractivity contribution is -0.121. The topological polar surface area (TPSA) is 70.2 Å². The molecular formula is C21H28FN5O. The Balaban J connectivity index is 1.45. The summed E-state index contributed by atoms with van der Waals surface area (Å²) < 4.78 is 13.2. The molecule has 0 bridgehead atoms. The number of hydrogen-bond acceptors (Lipinski definition) is 5. The van der Waals surface area contributed by atoms with Gasteiger partial charge in [-0.05, 0) is 49.8 Å². The van der Waals surface area contributed by atoms with Crippen LogP contribution < -0.4 is 15.5 Å². The van der Waals surface area contributed by atoms with Crippen molar-refractivity contribution in [3.8, 4) is 0 Å². The van der Waals surface area contributed by atoms with Crippen LogP contribution in [-0.4, -0.2) is 35.5 Å². The predicted octanol–water partition coefficient (Wildman–Crippen LogP) is 3.36. The first-order chi connectivity index (χ1) is 13.6. The summed E-state index contributed by atoms with van der Waals surface area (Å²) >= 11 is 0. The Hall–Kier alpha value is -2.70. The molecule has 0 aliphatic carbocycles. The molecule has 1 atom stereocenters. The molecule has 150 valence electrons. The van der Waals surface area contributed by atoms with E-state index in [2.05, 4.69) is 25.5 Å². The first-order valence-corrected chi connectivity index (χ1v) is 9.96. The Labute approximate surface area is 165 Å². The Kier molecular flexibility index (Phi) is 7.17. The van der Waals surface area contributed by atoms with Crippen molar-refractivity contribution >= 4 is 17.5 Å². The molecule has 0 saturated carbocycles. The fourth-order valence-corrected chi connectivity index (χ4v) is 3.58. The molecule has 6 nitrogen and oxygen atoms in total. The van der Waals surface area contributed by atoms with Gasteiger partial charge in [0, 0.05) is 38.7 Å². The zero-order valence-electron chi connectivity index (χ0n) is 16.3. The van der Waals surface area contributed by atoms with E-state index < -0.39 is 0 Å². The van der Waals surface area contributed by atoms with Crippen LogP contribution in [0.1, 0.15) is 38.2 Å². The monoisotopic (exact) mass is 385 g/mol. The van der Waals surface area contributed by atoms with Crippen LogP contribution >= 0.6 is 0 Å². The molecule has 0 spiro atoms. The second-order valence-corrected chi connectivity index (χ2v) is 7.19. The lowest BCUT2D eigenvalue weighted by atomic mass is 9.93. The third-order valence-electron chi connectivity index (χ3n) is 5.01. The van der Waals surface area contributed by atoms with Crippen molar-refractivity contribution in [2.75, 3.05) is 29.9 Å². The van der Waals surface area contributed by atoms with E-state index in [-0.39, 0.29) is 11.7 Å². The highest BCUT2D eigenvalue weighted by Crippen LogP contribution is 2.25. The van der Waals surface area contributed by atoms with Crippen LogP contribution in [0.15, 0.2) is 36.7 Å². The summed E-state index contributed by atoms with van der Waals surface area (Å²) in [6.07, 6.45) is 5.14. The summed E-state index contributed by atoms with van der Waals surface area (Å²) in [5.41, 5.74) is 0.775. The van der Waals surface area contributed by atoms with Crippen molar-refractivity contribution in [1.82, 2.24) is 15.3 Å². The van der Waals surface area contributed by atoms with E-state index in [0.29, 0.717) is 18.9 Å². The average molecular weight is 385 g/mol. The number of rotatable bonds is 8. The van der Waals surface area contributed by atoms with Crippen LogP contribution in [0.25, 0.3) is 0 Å². The normalized spacial score (nSPS) is 16.6. The molecule has 2 heterocycles. The van der Waals surface area contributed by atoms with E-state index in [0.717, 1.165) is 56.1 Å². The molecule has 1 aliphatic heterocycles. The van der Waals surface area contributed by atoms with Gasteiger partial charge in [-0.3, -0.25) is 4.79 Å². The van der Waals surface area contributed by atoms with Crippen LogP contribution in [0.2, 0.25) is 0 Å². The Bertz CT molecular complexity index is 785. The van der Waals surface area contributed by atoms with Crippen LogP contribution in [0.4, 0.5) is 16.0 Å². The number of aromatic nitrogens is 2. The third kappa shape index (κ3) is 5.90. The van der Waals surface area contributed by atoms with Gasteiger partial charge in [-0.25, -0.2) is 14.4 Å². The maximum atomic E-state index is 13.2. The van der Waals surface area contributed by atoms with E-state index in [1.54, 1.807) is 12.4 Å². The molecule has 2 aromatic rings. The van der Waals surface area contributed by atoms with Crippen LogP contribution in [0.5, 0.6) is 0 Å². The van der Waals surface area contributed by atoms with Crippen LogP contribution in [0, 0.1) is 11.7 Å². The van der Waals surface area contributed by atoms with Gasteiger partial charge in [0.25, 0.3) is 0 Å². The second kappa shape index (κ2) is 10.0. The molecule has 1 aromatic carbocycles. The number of anilines is 2. The van der Waals surface area contributed by atoms with E-state index >= 15 is 0 Å². The summed E-state index contributed by atoms with van der Waals surface area (Å²) in [6.45, 7) is 5.11. The van der Waals surface area contributed by atoms with Crippen LogP contribution in [0.3, 0.4) is 0 Å². The first-order valence-electron chi connectivity index (χ1n) is 9.96. The van der Waals surface area contributed by atoms with E-state index in [1.165, 1.54) is 12.1 Å². The van der Waals surface area contributed by atoms with Gasteiger partial charge in [0.2, 0.25) is 5.91 Å². The molecule has 0 radical (unpaired) electrons. The smallest absolute Gasteiger partial charge is 0.220 e. The molecule has 1 fully saturated rings. The fraction of sp³-hybridized carbons (Fsp3) is 0.476. The molecule has 1 unspecified atom stereocenters. The van der Waals surface area contributed by atoms with Crippen LogP contribution in [-0.2, 0) is 11.3 Å². The van der Waals surface area contributed by atoms with Gasteiger partial charge in [0.05, 0.1) is 0 Å². The summed E-state index contributed by atoms with van der Waals surface area (Å²) in [5.74, 6) is 1.97. The minimum absolute atomic E-state index is 0.0119. The second-order valence-electron chi connectivity index (χ2n) is 7.19. The lowest BCUT2D eigenvalue weighted by Gasteiger charge is -2.33. The molecular weight excluding hydrogens is 357 g/mol. The largest absolute Gasteiger partial charge is 0.370 e. The van der Waals surface area contributed by atoms with Gasteiger partial charge in [0.1, 0.15) is 23.8 Å². The van der Waals surface area contributed by atoms with Crippen molar-refractivity contribution in [3.05, 3.63) is 48.0 Å². The number of benzene rings is 1. The van der Waals surface area contributed by atoms with Crippen molar-refractivity contribution in [3.63, 3.8) is 0 Å². The predicted molar refractivity (Wildman–Crippen MR) is 109 cm³/mol. The Morgan fingerprint density at radius 2 is 2.21 bits per heavy atom. The lowest BCUT2D eigenvalue weighted by Crippen LogP contribution is -2.36. The van der Waals surface area contributed by atoms with E-state index in [1.807, 2.05) is 19.1 Å². The standard InChI is InChI=1S/C21H28FN5O/c1-2-23-19-12-20(26-15-25-19)27-10-4-6-16(14-27)8-9-21(28)24-13-17-5-3-7-18(22)11-17/h3,5,7,11-12,15-16H,2,4,6,8-10,13-14H2,1H3,(H,24,28)(H,23,25,26). The van der Waals surface area contributed by atoms with Gasteiger partial charge in [-0.2, -0.15) is 0 Å². The number of halogens is 1. The Morgan fingerprint density at radius 1 is 1.32 bits per heavy atom. The molecule has 1 amide bonds. The fourth-order valence-electron chi connectivity index (χ4n) is 3.58. The molecule has 1 aliphatic rings. The third-order valence-corrected chi connectivity index (χ3v) is 5.01. The Morgan fingerprint density at radius 3 is 3.04 bits per heavy atom. The summed E-state index contributed by atoms with van der Waals surface area (Å²) in [6, 6.07) is 8.30. The molecule has 1 saturated heterocycles. The maximum absolute atomic E-state index is 13.2. The van der Waals surface area contributed by atoms with E-state index in [9.17, 15) is 9.18 Å². The quantitative estimate of drug-likeness (QED) is 0.729. The number of amides is 1. The van der Waals surface area contributed by atoms with Crippen molar-refractivity contribution in [1.29, 1.82) is 0 Å². The van der Waals surface area contributed by atoms with Gasteiger partial charge >= 0.3 is 0 Å². The number of nitrogens with zero attached hydrogens (tertiary/aromatic N) is 3. The number of carbonyl (C=O) groups excluding carboxylic acids is 1. The molecule has 3 rings (SSSR count). The van der Waals surface area contributed by atoms with Gasteiger partial charge < -0.3 is 15.5 Å². The summed E-state index contributed by atoms with van der Waals surface area (Å²) in [5, 5.41) is 6.10. The zero-order chi connectivity index (χ0) is 19.8. The SMILES string of the molecule is CCNc1cc(N2CCCC(CCC(=O)NCc3cccc(F)c3)C2)ncn1. The van der Waals surface area contributed by atoms with Crippen molar-refractivity contribution < 1.29 is 9.18 Å². The molecule has 28 heavy (non-hydrogen) atoms. The minimum Gasteiger partial charge on any atom is -0.370 e. The number of piperidine rings is 1. The van der Waals surface area contributed by atoms with Crippen molar-refractivity contribution in [2.24, 2.45) is 5.92 Å². The van der Waals surface area contributed by atoms with Gasteiger partial charge in [-0.15, -0.1) is 0 Å².